The highest BCUT2D eigenvalue weighted by molar-refractivity contribution is 7.80. The summed E-state index contributed by atoms with van der Waals surface area (Å²) in [7, 11) is 0. The predicted molar refractivity (Wildman–Crippen MR) is 95.2 cm³/mol. The second-order valence-corrected chi connectivity index (χ2v) is 6.79. The van der Waals surface area contributed by atoms with E-state index in [-0.39, 0.29) is 6.09 Å². The summed E-state index contributed by atoms with van der Waals surface area (Å²) in [6, 6.07) is 9.76. The Morgan fingerprint density at radius 3 is 2.30 bits per heavy atom. The fourth-order valence-corrected chi connectivity index (χ4v) is 2.40. The molecule has 0 aliphatic carbocycles. The second kappa shape index (κ2) is 7.61. The quantitative estimate of drug-likeness (QED) is 0.809. The molecule has 1 saturated heterocycles. The SMILES string of the molecule is CC(C)(C)OC(=O)N1CCN(NC(=S)Nc2ccccc2)CC1. The van der Waals surface area contributed by atoms with Crippen molar-refractivity contribution in [3.05, 3.63) is 30.3 Å². The van der Waals surface area contributed by atoms with E-state index in [1.807, 2.05) is 56.1 Å². The number of hydrazine groups is 1. The Labute approximate surface area is 142 Å². The first kappa shape index (κ1) is 17.5. The maximum Gasteiger partial charge on any atom is 0.410 e. The van der Waals surface area contributed by atoms with Gasteiger partial charge in [-0.15, -0.1) is 0 Å². The van der Waals surface area contributed by atoms with Gasteiger partial charge < -0.3 is 15.0 Å². The first-order valence-corrected chi connectivity index (χ1v) is 8.10. The Kier molecular flexibility index (Phi) is 5.79. The maximum atomic E-state index is 12.0. The zero-order chi connectivity index (χ0) is 16.9. The number of rotatable bonds is 2. The molecule has 1 aromatic carbocycles. The van der Waals surface area contributed by atoms with Crippen molar-refractivity contribution in [2.75, 3.05) is 31.5 Å². The van der Waals surface area contributed by atoms with E-state index in [2.05, 4.69) is 10.7 Å². The lowest BCUT2D eigenvalue weighted by molar-refractivity contribution is 0.0122. The maximum absolute atomic E-state index is 12.0. The summed E-state index contributed by atoms with van der Waals surface area (Å²) in [4.78, 5) is 13.7. The largest absolute Gasteiger partial charge is 0.444 e. The Bertz CT molecular complexity index is 537. The Morgan fingerprint density at radius 2 is 1.74 bits per heavy atom. The molecule has 1 aliphatic heterocycles. The number of hydrogen-bond acceptors (Lipinski definition) is 4. The molecule has 1 amide bonds. The zero-order valence-electron chi connectivity index (χ0n) is 13.8. The van der Waals surface area contributed by atoms with Crippen molar-refractivity contribution < 1.29 is 9.53 Å². The van der Waals surface area contributed by atoms with Crippen LogP contribution in [0.1, 0.15) is 20.8 Å². The van der Waals surface area contributed by atoms with Crippen molar-refractivity contribution in [2.24, 2.45) is 0 Å². The van der Waals surface area contributed by atoms with Crippen LogP contribution >= 0.6 is 12.2 Å². The highest BCUT2D eigenvalue weighted by Crippen LogP contribution is 2.11. The van der Waals surface area contributed by atoms with Crippen LogP contribution in [0.25, 0.3) is 0 Å². The molecular weight excluding hydrogens is 312 g/mol. The van der Waals surface area contributed by atoms with Gasteiger partial charge in [0.05, 0.1) is 0 Å². The minimum Gasteiger partial charge on any atom is -0.444 e. The van der Waals surface area contributed by atoms with Gasteiger partial charge in [0.1, 0.15) is 5.60 Å². The standard InChI is InChI=1S/C16H24N4O2S/c1-16(2,3)22-15(21)19-9-11-20(12-10-19)18-14(23)17-13-7-5-4-6-8-13/h4-8H,9-12H2,1-3H3,(H2,17,18,23). The van der Waals surface area contributed by atoms with Crippen LogP contribution in [0.4, 0.5) is 10.5 Å². The number of para-hydroxylation sites is 1. The van der Waals surface area contributed by atoms with Gasteiger partial charge in [0.15, 0.2) is 5.11 Å². The summed E-state index contributed by atoms with van der Waals surface area (Å²) < 4.78 is 5.38. The number of nitrogens with zero attached hydrogens (tertiary/aromatic N) is 2. The van der Waals surface area contributed by atoms with Crippen molar-refractivity contribution >= 4 is 29.1 Å². The molecule has 1 aromatic rings. The molecule has 2 rings (SSSR count). The summed E-state index contributed by atoms with van der Waals surface area (Å²) >= 11 is 5.30. The van der Waals surface area contributed by atoms with Crippen LogP contribution in [-0.2, 0) is 4.74 Å². The molecule has 126 valence electrons. The smallest absolute Gasteiger partial charge is 0.410 e. The minimum absolute atomic E-state index is 0.262. The number of hydrogen-bond donors (Lipinski definition) is 2. The third-order valence-electron chi connectivity index (χ3n) is 3.22. The summed E-state index contributed by atoms with van der Waals surface area (Å²) in [5.74, 6) is 0. The van der Waals surface area contributed by atoms with E-state index < -0.39 is 5.60 Å². The number of ether oxygens (including phenoxy) is 1. The Hall–Kier alpha value is -1.86. The van der Waals surface area contributed by atoms with Gasteiger partial charge in [-0.05, 0) is 45.1 Å². The van der Waals surface area contributed by atoms with Crippen LogP contribution in [0.5, 0.6) is 0 Å². The van der Waals surface area contributed by atoms with Crippen molar-refractivity contribution in [1.82, 2.24) is 15.3 Å². The topological polar surface area (TPSA) is 56.8 Å². The van der Waals surface area contributed by atoms with Gasteiger partial charge in [0, 0.05) is 31.9 Å². The number of benzene rings is 1. The molecule has 2 N–H and O–H groups in total. The highest BCUT2D eigenvalue weighted by atomic mass is 32.1. The lowest BCUT2D eigenvalue weighted by Crippen LogP contribution is -2.56. The molecule has 23 heavy (non-hydrogen) atoms. The van der Waals surface area contributed by atoms with E-state index in [4.69, 9.17) is 17.0 Å². The van der Waals surface area contributed by atoms with Gasteiger partial charge in [0.25, 0.3) is 0 Å². The molecule has 0 radical (unpaired) electrons. The lowest BCUT2D eigenvalue weighted by atomic mass is 10.2. The van der Waals surface area contributed by atoms with Crippen molar-refractivity contribution in [3.63, 3.8) is 0 Å². The number of piperazine rings is 1. The lowest BCUT2D eigenvalue weighted by Gasteiger charge is -2.36. The molecule has 0 spiro atoms. The molecule has 6 nitrogen and oxygen atoms in total. The van der Waals surface area contributed by atoms with E-state index in [0.29, 0.717) is 31.3 Å². The number of carbonyl (C=O) groups is 1. The molecule has 0 aromatic heterocycles. The zero-order valence-corrected chi connectivity index (χ0v) is 14.7. The molecule has 1 fully saturated rings. The van der Waals surface area contributed by atoms with Gasteiger partial charge in [-0.2, -0.15) is 0 Å². The molecule has 0 unspecified atom stereocenters. The van der Waals surface area contributed by atoms with Crippen molar-refractivity contribution in [3.8, 4) is 0 Å². The molecule has 0 atom stereocenters. The first-order valence-electron chi connectivity index (χ1n) is 7.69. The average Bonchev–Trinajstić information content (AvgIpc) is 2.47. The van der Waals surface area contributed by atoms with E-state index in [1.54, 1.807) is 4.90 Å². The van der Waals surface area contributed by atoms with Crippen LogP contribution in [-0.4, -0.2) is 52.9 Å². The van der Waals surface area contributed by atoms with Gasteiger partial charge in [0.2, 0.25) is 0 Å². The van der Waals surface area contributed by atoms with Gasteiger partial charge in [-0.3, -0.25) is 5.43 Å². The molecule has 1 heterocycles. The normalized spacial score (nSPS) is 15.9. The highest BCUT2D eigenvalue weighted by Gasteiger charge is 2.25. The van der Waals surface area contributed by atoms with Gasteiger partial charge in [-0.25, -0.2) is 9.80 Å². The first-order chi connectivity index (χ1) is 10.8. The number of amides is 1. The van der Waals surface area contributed by atoms with E-state index in [1.165, 1.54) is 0 Å². The number of carbonyl (C=O) groups excluding carboxylic acids is 1. The second-order valence-electron chi connectivity index (χ2n) is 6.39. The fourth-order valence-electron chi connectivity index (χ4n) is 2.15. The van der Waals surface area contributed by atoms with Crippen LogP contribution in [0.3, 0.4) is 0 Å². The molecule has 0 saturated carbocycles. The molecule has 1 aliphatic rings. The summed E-state index contributed by atoms with van der Waals surface area (Å²) in [6.07, 6.45) is -0.262. The van der Waals surface area contributed by atoms with Crippen molar-refractivity contribution in [2.45, 2.75) is 26.4 Å². The Balaban J connectivity index is 1.74. The summed E-state index contributed by atoms with van der Waals surface area (Å²) in [6.45, 7) is 8.21. The predicted octanol–water partition coefficient (Wildman–Crippen LogP) is 2.44. The molecule has 0 bridgehead atoms. The third kappa shape index (κ3) is 6.03. The monoisotopic (exact) mass is 336 g/mol. The number of anilines is 1. The Morgan fingerprint density at radius 1 is 1.13 bits per heavy atom. The third-order valence-corrected chi connectivity index (χ3v) is 3.42. The fraction of sp³-hybridized carbons (Fsp3) is 0.500. The van der Waals surface area contributed by atoms with Crippen LogP contribution in [0.15, 0.2) is 30.3 Å². The van der Waals surface area contributed by atoms with Gasteiger partial charge >= 0.3 is 6.09 Å². The van der Waals surface area contributed by atoms with Gasteiger partial charge in [-0.1, -0.05) is 18.2 Å². The summed E-state index contributed by atoms with van der Waals surface area (Å²) in [5, 5.41) is 5.67. The van der Waals surface area contributed by atoms with Crippen molar-refractivity contribution in [1.29, 1.82) is 0 Å². The summed E-state index contributed by atoms with van der Waals surface area (Å²) in [5.41, 5.74) is 3.63. The van der Waals surface area contributed by atoms with Crippen LogP contribution < -0.4 is 10.7 Å². The van der Waals surface area contributed by atoms with Crippen LogP contribution in [0.2, 0.25) is 0 Å². The number of nitrogens with one attached hydrogen (secondary N) is 2. The van der Waals surface area contributed by atoms with E-state index in [9.17, 15) is 4.79 Å². The average molecular weight is 336 g/mol. The number of thiocarbonyl (C=S) groups is 1. The van der Waals surface area contributed by atoms with Crippen LogP contribution in [0, 0.1) is 0 Å². The minimum atomic E-state index is -0.465. The van der Waals surface area contributed by atoms with E-state index >= 15 is 0 Å². The molecule has 7 heteroatoms. The molecular formula is C16H24N4O2S. The van der Waals surface area contributed by atoms with E-state index in [0.717, 1.165) is 5.69 Å².